The lowest BCUT2D eigenvalue weighted by molar-refractivity contribution is -0.130. The van der Waals surface area contributed by atoms with Crippen molar-refractivity contribution in [2.75, 3.05) is 16.6 Å². The van der Waals surface area contributed by atoms with Gasteiger partial charge in [-0.05, 0) is 49.4 Å². The first-order valence-electron chi connectivity index (χ1n) is 11.6. The highest BCUT2D eigenvalue weighted by molar-refractivity contribution is 7.92. The number of fused-ring (bicyclic) bond motifs is 1. The topological polar surface area (TPSA) is 179 Å². The molecule has 3 aromatic carbocycles. The standard InChI is InChI=1S/C25H20F3N5O7S/c1-12(23(35)29-11-20(34)30-18-9-7-15(26)21(27)22(18)28)40-24(36)14-4-2-3-5-16(14)33-41(38,39)13-6-8-17-19(10-13)32-25(37)31-17/h2-10,12,33H,11H2,1H3,(H,29,35)(H,30,34)(H2,31,32,37)/t12-/m1/s1. The number of benzene rings is 3. The molecule has 0 spiro atoms. The maximum absolute atomic E-state index is 13.7. The van der Waals surface area contributed by atoms with Gasteiger partial charge in [0.25, 0.3) is 15.9 Å². The molecule has 4 rings (SSSR count). The third kappa shape index (κ3) is 6.55. The second-order valence-corrected chi connectivity index (χ2v) is 10.2. The van der Waals surface area contributed by atoms with E-state index in [1.54, 1.807) is 0 Å². The van der Waals surface area contributed by atoms with Gasteiger partial charge < -0.3 is 25.3 Å². The van der Waals surface area contributed by atoms with Gasteiger partial charge in [-0.15, -0.1) is 0 Å². The van der Waals surface area contributed by atoms with Gasteiger partial charge in [-0.3, -0.25) is 14.3 Å². The number of carbonyl (C=O) groups is 3. The fraction of sp³-hybridized carbons (Fsp3) is 0.120. The lowest BCUT2D eigenvalue weighted by Gasteiger charge is -2.16. The van der Waals surface area contributed by atoms with E-state index in [2.05, 4.69) is 20.0 Å². The predicted molar refractivity (Wildman–Crippen MR) is 139 cm³/mol. The van der Waals surface area contributed by atoms with Crippen LogP contribution in [0, 0.1) is 17.5 Å². The van der Waals surface area contributed by atoms with E-state index < -0.39 is 69.3 Å². The van der Waals surface area contributed by atoms with Gasteiger partial charge in [-0.2, -0.15) is 0 Å². The molecule has 1 atom stereocenters. The van der Waals surface area contributed by atoms with Crippen LogP contribution in [0.4, 0.5) is 24.5 Å². The second kappa shape index (κ2) is 11.5. The van der Waals surface area contributed by atoms with Crippen molar-refractivity contribution in [2.45, 2.75) is 17.9 Å². The van der Waals surface area contributed by atoms with Gasteiger partial charge in [-0.25, -0.2) is 31.2 Å². The van der Waals surface area contributed by atoms with Gasteiger partial charge in [0.05, 0.1) is 39.4 Å². The van der Waals surface area contributed by atoms with Crippen LogP contribution < -0.4 is 21.0 Å². The minimum Gasteiger partial charge on any atom is -0.449 e. The number of aromatic nitrogens is 2. The molecule has 214 valence electrons. The minimum absolute atomic E-state index is 0.166. The highest BCUT2D eigenvalue weighted by Gasteiger charge is 2.24. The smallest absolute Gasteiger partial charge is 0.341 e. The average Bonchev–Trinajstić information content (AvgIpc) is 3.31. The number of amides is 2. The molecule has 0 unspecified atom stereocenters. The summed E-state index contributed by atoms with van der Waals surface area (Å²) in [6, 6.07) is 10.7. The number of ether oxygens (including phenoxy) is 1. The molecule has 2 amide bonds. The molecular formula is C25H20F3N5O7S. The van der Waals surface area contributed by atoms with Gasteiger partial charge in [-0.1, -0.05) is 12.1 Å². The Morgan fingerprint density at radius 2 is 1.63 bits per heavy atom. The Bertz CT molecular complexity index is 1840. The molecule has 41 heavy (non-hydrogen) atoms. The Hall–Kier alpha value is -5.12. The van der Waals surface area contributed by atoms with Crippen molar-refractivity contribution in [3.8, 4) is 0 Å². The Morgan fingerprint density at radius 3 is 2.39 bits per heavy atom. The molecule has 5 N–H and O–H groups in total. The zero-order valence-corrected chi connectivity index (χ0v) is 21.7. The van der Waals surface area contributed by atoms with E-state index in [1.807, 2.05) is 5.32 Å². The summed E-state index contributed by atoms with van der Waals surface area (Å²) in [6.07, 6.45) is -1.47. The first-order valence-corrected chi connectivity index (χ1v) is 13.1. The van der Waals surface area contributed by atoms with Crippen LogP contribution in [-0.2, 0) is 24.3 Å². The summed E-state index contributed by atoms with van der Waals surface area (Å²) in [4.78, 5) is 53.3. The van der Waals surface area contributed by atoms with Crippen molar-refractivity contribution in [3.63, 3.8) is 0 Å². The number of anilines is 2. The fourth-order valence-electron chi connectivity index (χ4n) is 3.54. The molecule has 0 bridgehead atoms. The summed E-state index contributed by atoms with van der Waals surface area (Å²) >= 11 is 0. The molecular weight excluding hydrogens is 571 g/mol. The molecule has 12 nitrogen and oxygen atoms in total. The van der Waals surface area contributed by atoms with E-state index in [-0.39, 0.29) is 21.7 Å². The number of para-hydroxylation sites is 1. The number of hydrogen-bond acceptors (Lipinski definition) is 7. The summed E-state index contributed by atoms with van der Waals surface area (Å²) in [7, 11) is -4.24. The van der Waals surface area contributed by atoms with E-state index in [4.69, 9.17) is 4.74 Å². The van der Waals surface area contributed by atoms with Gasteiger partial charge in [0.15, 0.2) is 23.6 Å². The summed E-state index contributed by atoms with van der Waals surface area (Å²) in [5, 5.41) is 4.10. The Morgan fingerprint density at radius 1 is 0.927 bits per heavy atom. The van der Waals surface area contributed by atoms with Crippen LogP contribution in [0.1, 0.15) is 17.3 Å². The van der Waals surface area contributed by atoms with E-state index >= 15 is 0 Å². The van der Waals surface area contributed by atoms with Crippen molar-refractivity contribution in [3.05, 3.63) is 88.1 Å². The Labute approximate surface area is 229 Å². The molecule has 4 aromatic rings. The van der Waals surface area contributed by atoms with E-state index in [9.17, 15) is 40.8 Å². The number of rotatable bonds is 9. The number of nitrogens with one attached hydrogen (secondary N) is 5. The normalized spacial score (nSPS) is 12.0. The summed E-state index contributed by atoms with van der Waals surface area (Å²) < 4.78 is 73.4. The first kappa shape index (κ1) is 28.9. The molecule has 0 saturated carbocycles. The third-order valence-electron chi connectivity index (χ3n) is 5.57. The van der Waals surface area contributed by atoms with Gasteiger partial charge in [0.1, 0.15) is 0 Å². The highest BCUT2D eigenvalue weighted by Crippen LogP contribution is 2.23. The van der Waals surface area contributed by atoms with Crippen molar-refractivity contribution in [2.24, 2.45) is 0 Å². The molecule has 0 fully saturated rings. The Balaban J connectivity index is 1.38. The van der Waals surface area contributed by atoms with Crippen LogP contribution in [0.5, 0.6) is 0 Å². The lowest BCUT2D eigenvalue weighted by atomic mass is 10.2. The van der Waals surface area contributed by atoms with Crippen molar-refractivity contribution in [1.82, 2.24) is 15.3 Å². The van der Waals surface area contributed by atoms with Gasteiger partial charge in [0, 0.05) is 0 Å². The second-order valence-electron chi connectivity index (χ2n) is 8.47. The summed E-state index contributed by atoms with van der Waals surface area (Å²) in [6.45, 7) is 0.451. The third-order valence-corrected chi connectivity index (χ3v) is 6.94. The number of esters is 1. The number of hydrogen-bond donors (Lipinski definition) is 5. The monoisotopic (exact) mass is 591 g/mol. The largest absolute Gasteiger partial charge is 0.449 e. The molecule has 0 radical (unpaired) electrons. The molecule has 0 aliphatic carbocycles. The van der Waals surface area contributed by atoms with Crippen molar-refractivity contribution in [1.29, 1.82) is 0 Å². The predicted octanol–water partition coefficient (Wildman–Crippen LogP) is 2.37. The van der Waals surface area contributed by atoms with Crippen molar-refractivity contribution >= 4 is 50.2 Å². The van der Waals surface area contributed by atoms with Gasteiger partial charge >= 0.3 is 11.7 Å². The molecule has 0 aliphatic rings. The van der Waals surface area contributed by atoms with Crippen LogP contribution in [-0.4, -0.2) is 48.8 Å². The quantitative estimate of drug-likeness (QED) is 0.146. The molecule has 0 saturated heterocycles. The number of H-pyrrole nitrogens is 2. The zero-order valence-electron chi connectivity index (χ0n) is 20.9. The molecule has 1 heterocycles. The maximum atomic E-state index is 13.7. The highest BCUT2D eigenvalue weighted by atomic mass is 32.2. The van der Waals surface area contributed by atoms with Crippen LogP contribution in [0.3, 0.4) is 0 Å². The number of aromatic amines is 2. The lowest BCUT2D eigenvalue weighted by Crippen LogP contribution is -2.40. The van der Waals surface area contributed by atoms with Crippen LogP contribution in [0.25, 0.3) is 11.0 Å². The van der Waals surface area contributed by atoms with Crippen LogP contribution in [0.2, 0.25) is 0 Å². The SMILES string of the molecule is C[C@@H](OC(=O)c1ccccc1NS(=O)(=O)c1ccc2[nH]c(=O)[nH]c2c1)C(=O)NCC(=O)Nc1ccc(F)c(F)c1F. The maximum Gasteiger partial charge on any atom is 0.341 e. The average molecular weight is 592 g/mol. The Kier molecular flexibility index (Phi) is 8.13. The first-order chi connectivity index (χ1) is 19.4. The van der Waals surface area contributed by atoms with Crippen molar-refractivity contribution < 1.29 is 40.7 Å². The number of carbonyl (C=O) groups excluding carboxylic acids is 3. The molecule has 1 aromatic heterocycles. The van der Waals surface area contributed by atoms with Crippen LogP contribution >= 0.6 is 0 Å². The summed E-state index contributed by atoms with van der Waals surface area (Å²) in [5.41, 5.74) is -0.943. The number of halogens is 3. The number of sulfonamides is 1. The zero-order chi connectivity index (χ0) is 29.9. The van der Waals surface area contributed by atoms with Gasteiger partial charge in [0.2, 0.25) is 5.91 Å². The summed E-state index contributed by atoms with van der Waals surface area (Å²) in [5.74, 6) is -7.86. The fourth-order valence-corrected chi connectivity index (χ4v) is 4.64. The van der Waals surface area contributed by atoms with E-state index in [0.717, 1.165) is 6.07 Å². The van der Waals surface area contributed by atoms with E-state index in [0.29, 0.717) is 11.6 Å². The number of imidazole rings is 1. The van der Waals surface area contributed by atoms with Crippen LogP contribution in [0.15, 0.2) is 64.3 Å². The molecule has 16 heteroatoms. The molecule has 0 aliphatic heterocycles. The van der Waals surface area contributed by atoms with E-state index in [1.165, 1.54) is 49.4 Å². The minimum atomic E-state index is -4.24.